The first-order valence-electron chi connectivity index (χ1n) is 13.7. The largest absolute Gasteiger partial charge is 0.360 e. The van der Waals surface area contributed by atoms with E-state index in [4.69, 9.17) is 39.3 Å². The summed E-state index contributed by atoms with van der Waals surface area (Å²) in [6.45, 7) is 10.2. The zero-order valence-electron chi connectivity index (χ0n) is 22.9. The number of hydrogen-bond donors (Lipinski definition) is 0. The van der Waals surface area contributed by atoms with Gasteiger partial charge in [0.2, 0.25) is 0 Å². The summed E-state index contributed by atoms with van der Waals surface area (Å²) in [5.41, 5.74) is 1.87. The molecule has 0 N–H and O–H groups in total. The van der Waals surface area contributed by atoms with Crippen LogP contribution in [0.5, 0.6) is 0 Å². The molecule has 4 aliphatic rings. The summed E-state index contributed by atoms with van der Waals surface area (Å²) >= 11 is 17.9. The second-order valence-electron chi connectivity index (χ2n) is 11.6. The van der Waals surface area contributed by atoms with E-state index in [9.17, 15) is 14.0 Å². The van der Waals surface area contributed by atoms with E-state index in [-0.39, 0.29) is 39.1 Å². The van der Waals surface area contributed by atoms with E-state index in [0.717, 1.165) is 12.8 Å². The number of amides is 2. The summed E-state index contributed by atoms with van der Waals surface area (Å²) in [5, 5.41) is 4.22. The van der Waals surface area contributed by atoms with E-state index in [1.807, 2.05) is 4.90 Å². The van der Waals surface area contributed by atoms with Crippen LogP contribution >= 0.6 is 34.8 Å². The smallest absolute Gasteiger partial charge is 0.260 e. The fourth-order valence-electron chi connectivity index (χ4n) is 6.40. The number of nitrogens with zero attached hydrogens (tertiary/aromatic N) is 4. The molecule has 1 aromatic carbocycles. The molecule has 1 saturated carbocycles. The molecule has 6 rings (SSSR count). The van der Waals surface area contributed by atoms with Crippen LogP contribution in [0.15, 0.2) is 34.4 Å². The van der Waals surface area contributed by atoms with Crippen molar-refractivity contribution in [3.63, 3.8) is 0 Å². The van der Waals surface area contributed by atoms with E-state index >= 15 is 0 Å². The minimum atomic E-state index is -1.07. The molecule has 40 heavy (non-hydrogen) atoms. The van der Waals surface area contributed by atoms with Crippen LogP contribution in [0, 0.1) is 30.0 Å². The Morgan fingerprint density at radius 2 is 1.95 bits per heavy atom. The highest BCUT2D eigenvalue weighted by atomic mass is 35.5. The number of carbonyl (C=O) groups excluding carboxylic acids is 2. The maximum absolute atomic E-state index is 14.9. The highest BCUT2D eigenvalue weighted by Gasteiger charge is 2.51. The van der Waals surface area contributed by atoms with Gasteiger partial charge in [-0.2, -0.15) is 0 Å². The van der Waals surface area contributed by atoms with Crippen molar-refractivity contribution in [2.24, 2.45) is 17.3 Å². The fraction of sp³-hybridized carbons (Fsp3) is 0.552. The Balaban J connectivity index is 1.38. The van der Waals surface area contributed by atoms with Crippen LogP contribution in [-0.2, 0) is 4.79 Å². The molecule has 2 atom stereocenters. The lowest BCUT2D eigenvalue weighted by atomic mass is 9.49. The molecule has 11 heteroatoms. The molecular weight excluding hydrogens is 578 g/mol. The van der Waals surface area contributed by atoms with E-state index in [1.165, 1.54) is 17.7 Å². The number of halogens is 4. The minimum Gasteiger partial charge on any atom is -0.360 e. The van der Waals surface area contributed by atoms with Gasteiger partial charge in [-0.15, -0.1) is 0 Å². The highest BCUT2D eigenvalue weighted by molar-refractivity contribution is 6.53. The van der Waals surface area contributed by atoms with Gasteiger partial charge < -0.3 is 14.3 Å². The third-order valence-electron chi connectivity index (χ3n) is 9.08. The average molecular weight is 612 g/mol. The first kappa shape index (κ1) is 29.4. The predicted octanol–water partition coefficient (Wildman–Crippen LogP) is 5.83. The zero-order valence-corrected chi connectivity index (χ0v) is 25.2. The summed E-state index contributed by atoms with van der Waals surface area (Å²) < 4.78 is 20.3. The van der Waals surface area contributed by atoms with Crippen LogP contribution in [0.1, 0.15) is 42.8 Å². The Hall–Kier alpha value is -2.13. The third kappa shape index (κ3) is 5.52. The number of fused-ring (bicyclic) bond motifs is 1. The van der Waals surface area contributed by atoms with E-state index in [2.05, 4.69) is 30.0 Å². The molecule has 0 spiro atoms. The van der Waals surface area contributed by atoms with Crippen molar-refractivity contribution in [3.8, 4) is 11.3 Å². The lowest BCUT2D eigenvalue weighted by molar-refractivity contribution is -0.131. The van der Waals surface area contributed by atoms with E-state index in [0.29, 0.717) is 63.4 Å². The minimum absolute atomic E-state index is 0.0573. The number of allylic oxidation sites excluding steroid dienone is 1. The zero-order chi connectivity index (χ0) is 28.8. The second-order valence-corrected chi connectivity index (χ2v) is 13.1. The Morgan fingerprint density at radius 1 is 1.23 bits per heavy atom. The molecule has 2 aromatic rings. The Morgan fingerprint density at radius 3 is 2.58 bits per heavy atom. The van der Waals surface area contributed by atoms with Gasteiger partial charge in [-0.1, -0.05) is 71.5 Å². The standard InChI is InChI=1S/C29H34Cl3FN4O3/c1-17-23(25(34-40-17)24-21(30)5-4-6-22(24)33)27(38)37(16-18-7-8-19-15-20(18)29(19,2)3)14-11-35-9-12-36(13-10-35)28(39)26(31)32/h4-7,19-20,26H,8-16H2,1-3H3. The molecule has 1 aliphatic heterocycles. The Kier molecular flexibility index (Phi) is 8.54. The first-order valence-corrected chi connectivity index (χ1v) is 14.9. The molecule has 1 aromatic heterocycles. The number of carbonyl (C=O) groups is 2. The Bertz CT molecular complexity index is 1300. The van der Waals surface area contributed by atoms with Crippen molar-refractivity contribution in [2.75, 3.05) is 45.8 Å². The number of hydrogen-bond acceptors (Lipinski definition) is 5. The van der Waals surface area contributed by atoms with Crippen LogP contribution in [0.3, 0.4) is 0 Å². The summed E-state index contributed by atoms with van der Waals surface area (Å²) in [6.07, 6.45) is 4.45. The number of alkyl halides is 2. The van der Waals surface area contributed by atoms with Crippen LogP contribution in [-0.4, -0.2) is 82.3 Å². The van der Waals surface area contributed by atoms with Gasteiger partial charge in [-0.3, -0.25) is 14.5 Å². The molecule has 2 fully saturated rings. The molecule has 216 valence electrons. The van der Waals surface area contributed by atoms with Crippen molar-refractivity contribution in [1.82, 2.24) is 19.9 Å². The quantitative estimate of drug-likeness (QED) is 0.278. The number of rotatable bonds is 8. The van der Waals surface area contributed by atoms with Crippen molar-refractivity contribution >= 4 is 46.6 Å². The van der Waals surface area contributed by atoms with E-state index in [1.54, 1.807) is 17.9 Å². The summed E-state index contributed by atoms with van der Waals surface area (Å²) in [4.78, 5) is 31.0. The van der Waals surface area contributed by atoms with Crippen LogP contribution in [0.2, 0.25) is 5.02 Å². The summed E-state index contributed by atoms with van der Waals surface area (Å²) in [5.74, 6) is 0.304. The van der Waals surface area contributed by atoms with Crippen molar-refractivity contribution < 1.29 is 18.5 Å². The molecule has 2 heterocycles. The maximum Gasteiger partial charge on any atom is 0.260 e. The molecule has 2 bridgehead atoms. The molecule has 7 nitrogen and oxygen atoms in total. The average Bonchev–Trinajstić information content (AvgIpc) is 3.30. The summed E-state index contributed by atoms with van der Waals surface area (Å²) in [7, 11) is 0. The molecule has 3 aliphatic carbocycles. The van der Waals surface area contributed by atoms with Crippen molar-refractivity contribution in [3.05, 3.63) is 52.0 Å². The lowest BCUT2D eigenvalue weighted by Crippen LogP contribution is -2.53. The van der Waals surface area contributed by atoms with Gasteiger partial charge in [0.15, 0.2) is 4.84 Å². The first-order chi connectivity index (χ1) is 19.0. The fourth-order valence-corrected chi connectivity index (χ4v) is 6.93. The van der Waals surface area contributed by atoms with Gasteiger partial charge in [-0.25, -0.2) is 4.39 Å². The van der Waals surface area contributed by atoms with Gasteiger partial charge in [-0.05, 0) is 49.1 Å². The number of benzene rings is 1. The van der Waals surface area contributed by atoms with Crippen LogP contribution in [0.4, 0.5) is 4.39 Å². The number of aromatic nitrogens is 1. The second kappa shape index (κ2) is 11.6. The number of piperazine rings is 1. The van der Waals surface area contributed by atoms with Gasteiger partial charge in [0.25, 0.3) is 11.8 Å². The van der Waals surface area contributed by atoms with E-state index < -0.39 is 10.7 Å². The lowest BCUT2D eigenvalue weighted by Gasteiger charge is -2.57. The van der Waals surface area contributed by atoms with Crippen LogP contribution < -0.4 is 0 Å². The van der Waals surface area contributed by atoms with Gasteiger partial charge in [0.1, 0.15) is 22.8 Å². The summed E-state index contributed by atoms with van der Waals surface area (Å²) in [6, 6.07) is 4.37. The molecule has 1 saturated heterocycles. The van der Waals surface area contributed by atoms with Crippen molar-refractivity contribution in [2.45, 2.75) is 38.4 Å². The number of aryl methyl sites for hydroxylation is 1. The topological polar surface area (TPSA) is 69.9 Å². The molecule has 0 radical (unpaired) electrons. The molecule has 2 unspecified atom stereocenters. The monoisotopic (exact) mass is 610 g/mol. The third-order valence-corrected chi connectivity index (χ3v) is 9.76. The van der Waals surface area contributed by atoms with Crippen molar-refractivity contribution in [1.29, 1.82) is 0 Å². The molecule has 2 amide bonds. The molecular formula is C29H34Cl3FN4O3. The predicted molar refractivity (Wildman–Crippen MR) is 154 cm³/mol. The maximum atomic E-state index is 14.9. The van der Waals surface area contributed by atoms with Gasteiger partial charge in [0, 0.05) is 45.8 Å². The van der Waals surface area contributed by atoms with Gasteiger partial charge in [0.05, 0.1) is 10.6 Å². The van der Waals surface area contributed by atoms with Gasteiger partial charge >= 0.3 is 0 Å². The normalized spacial score (nSPS) is 22.2. The SMILES string of the molecule is Cc1onc(-c2c(F)cccc2Cl)c1C(=O)N(CCN1CCN(C(=O)C(Cl)Cl)CC1)CC1=CCC2CC1C2(C)C. The van der Waals surface area contributed by atoms with Crippen LogP contribution in [0.25, 0.3) is 11.3 Å². The highest BCUT2D eigenvalue weighted by Crippen LogP contribution is 2.59. The Labute approximate surface area is 249 Å².